The average Bonchev–Trinajstić information content (AvgIpc) is 3.05. The van der Waals surface area contributed by atoms with Crippen LogP contribution in [0.15, 0.2) is 59.9 Å². The van der Waals surface area contributed by atoms with Crippen molar-refractivity contribution in [2.75, 3.05) is 19.4 Å². The number of imide groups is 1. The van der Waals surface area contributed by atoms with E-state index in [2.05, 4.69) is 10.6 Å². The van der Waals surface area contributed by atoms with Gasteiger partial charge in [-0.25, -0.2) is 0 Å². The highest BCUT2D eigenvalue weighted by Gasteiger charge is 2.40. The van der Waals surface area contributed by atoms with Gasteiger partial charge in [0.1, 0.15) is 11.4 Å². The molecule has 1 saturated carbocycles. The summed E-state index contributed by atoms with van der Waals surface area (Å²) in [6, 6.07) is 14.1. The van der Waals surface area contributed by atoms with Crippen LogP contribution in [0.4, 0.5) is 5.69 Å². The SMILES string of the molecule is CN(C)C(=O)c1cccc(NC2=C(NC3CCCCC3)C(=O)N(Cc3ccccc3)C2=O)c1O. The van der Waals surface area contributed by atoms with Crippen LogP contribution in [0.3, 0.4) is 0 Å². The van der Waals surface area contributed by atoms with Gasteiger partial charge >= 0.3 is 0 Å². The van der Waals surface area contributed by atoms with E-state index < -0.39 is 11.8 Å². The van der Waals surface area contributed by atoms with Crippen molar-refractivity contribution in [1.29, 1.82) is 0 Å². The predicted octanol–water partition coefficient (Wildman–Crippen LogP) is 3.21. The molecule has 2 aromatic rings. The summed E-state index contributed by atoms with van der Waals surface area (Å²) in [6.45, 7) is 0.144. The Morgan fingerprint density at radius 3 is 2.32 bits per heavy atom. The number of anilines is 1. The van der Waals surface area contributed by atoms with Gasteiger partial charge in [0.15, 0.2) is 5.75 Å². The van der Waals surface area contributed by atoms with Crippen LogP contribution in [-0.2, 0) is 16.1 Å². The maximum absolute atomic E-state index is 13.4. The molecule has 8 nitrogen and oxygen atoms in total. The van der Waals surface area contributed by atoms with Gasteiger partial charge in [0.2, 0.25) is 0 Å². The van der Waals surface area contributed by atoms with Crippen LogP contribution in [0.2, 0.25) is 0 Å². The number of nitrogens with zero attached hydrogens (tertiary/aromatic N) is 2. The average molecular weight is 463 g/mol. The standard InChI is InChI=1S/C26H30N4O4/c1-29(2)24(32)19-14-9-15-20(23(19)31)28-22-21(27-18-12-7-4-8-13-18)25(33)30(26(22)34)16-17-10-5-3-6-11-17/h3,5-6,9-11,14-15,18,27-28,31H,4,7-8,12-13,16H2,1-2H3. The summed E-state index contributed by atoms with van der Waals surface area (Å²) in [5.74, 6) is -1.51. The van der Waals surface area contributed by atoms with E-state index in [0.29, 0.717) is 0 Å². The lowest BCUT2D eigenvalue weighted by Gasteiger charge is -2.24. The van der Waals surface area contributed by atoms with Crippen LogP contribution in [0.5, 0.6) is 5.75 Å². The smallest absolute Gasteiger partial charge is 0.279 e. The molecule has 2 aromatic carbocycles. The van der Waals surface area contributed by atoms with Gasteiger partial charge in [0, 0.05) is 20.1 Å². The molecule has 0 radical (unpaired) electrons. The van der Waals surface area contributed by atoms with E-state index in [9.17, 15) is 19.5 Å². The molecular formula is C26H30N4O4. The second-order valence-corrected chi connectivity index (χ2v) is 8.94. The van der Waals surface area contributed by atoms with Gasteiger partial charge in [0.25, 0.3) is 17.7 Å². The number of nitrogens with one attached hydrogen (secondary N) is 2. The van der Waals surface area contributed by atoms with E-state index in [1.54, 1.807) is 26.2 Å². The molecule has 8 heteroatoms. The molecule has 34 heavy (non-hydrogen) atoms. The summed E-state index contributed by atoms with van der Waals surface area (Å²) in [7, 11) is 3.19. The summed E-state index contributed by atoms with van der Waals surface area (Å²) < 4.78 is 0. The maximum atomic E-state index is 13.4. The number of aromatic hydroxyl groups is 1. The fourth-order valence-corrected chi connectivity index (χ4v) is 4.38. The molecule has 0 atom stereocenters. The van der Waals surface area contributed by atoms with E-state index in [1.165, 1.54) is 15.9 Å². The molecule has 4 rings (SSSR count). The summed E-state index contributed by atoms with van der Waals surface area (Å²) >= 11 is 0. The van der Waals surface area contributed by atoms with E-state index in [0.717, 1.165) is 37.7 Å². The molecule has 0 bridgehead atoms. The first-order valence-electron chi connectivity index (χ1n) is 11.6. The number of rotatable bonds is 7. The zero-order chi connectivity index (χ0) is 24.2. The number of carbonyl (C=O) groups excluding carboxylic acids is 3. The minimum atomic E-state index is -0.476. The minimum Gasteiger partial charge on any atom is -0.505 e. The lowest BCUT2D eigenvalue weighted by Crippen LogP contribution is -2.37. The molecule has 178 valence electrons. The van der Waals surface area contributed by atoms with Crippen molar-refractivity contribution in [2.45, 2.75) is 44.7 Å². The number of amides is 3. The number of hydrogen-bond acceptors (Lipinski definition) is 6. The second-order valence-electron chi connectivity index (χ2n) is 8.94. The zero-order valence-corrected chi connectivity index (χ0v) is 19.5. The molecule has 1 aliphatic carbocycles. The fraction of sp³-hybridized carbons (Fsp3) is 0.346. The number of phenols is 1. The number of benzene rings is 2. The van der Waals surface area contributed by atoms with Gasteiger partial charge in [0.05, 0.1) is 17.8 Å². The number of hydrogen-bond donors (Lipinski definition) is 3. The lowest BCUT2D eigenvalue weighted by atomic mass is 9.95. The Labute approximate surface area is 199 Å². The van der Waals surface area contributed by atoms with Crippen molar-refractivity contribution in [3.05, 3.63) is 71.1 Å². The zero-order valence-electron chi connectivity index (χ0n) is 19.5. The summed E-state index contributed by atoms with van der Waals surface area (Å²) in [4.78, 5) is 41.8. The van der Waals surface area contributed by atoms with E-state index >= 15 is 0 Å². The lowest BCUT2D eigenvalue weighted by molar-refractivity contribution is -0.138. The molecule has 1 fully saturated rings. The molecule has 3 amide bonds. The van der Waals surface area contributed by atoms with E-state index in [4.69, 9.17) is 0 Å². The van der Waals surface area contributed by atoms with Gasteiger partial charge in [-0.2, -0.15) is 0 Å². The second kappa shape index (κ2) is 9.99. The molecule has 1 aliphatic heterocycles. The summed E-state index contributed by atoms with van der Waals surface area (Å²) in [5.41, 5.74) is 1.42. The van der Waals surface area contributed by atoms with Crippen molar-refractivity contribution in [3.63, 3.8) is 0 Å². The number of carbonyl (C=O) groups is 3. The third-order valence-electron chi connectivity index (χ3n) is 6.24. The van der Waals surface area contributed by atoms with Crippen LogP contribution >= 0.6 is 0 Å². The van der Waals surface area contributed by atoms with Crippen LogP contribution in [0.25, 0.3) is 0 Å². The van der Waals surface area contributed by atoms with Crippen molar-refractivity contribution in [2.24, 2.45) is 0 Å². The Kier molecular flexibility index (Phi) is 6.86. The largest absolute Gasteiger partial charge is 0.505 e. The highest BCUT2D eigenvalue weighted by atomic mass is 16.3. The van der Waals surface area contributed by atoms with Gasteiger partial charge in [-0.05, 0) is 30.5 Å². The first kappa shape index (κ1) is 23.4. The first-order chi connectivity index (χ1) is 16.4. The topological polar surface area (TPSA) is 102 Å². The minimum absolute atomic E-state index is 0.0799. The highest BCUT2D eigenvalue weighted by molar-refractivity contribution is 6.20. The van der Waals surface area contributed by atoms with Gasteiger partial charge in [-0.15, -0.1) is 0 Å². The van der Waals surface area contributed by atoms with Gasteiger partial charge in [-0.1, -0.05) is 55.7 Å². The third kappa shape index (κ3) is 4.76. The summed E-state index contributed by atoms with van der Waals surface area (Å²) in [5, 5.41) is 17.0. The fourth-order valence-electron chi connectivity index (χ4n) is 4.38. The van der Waals surface area contributed by atoms with Crippen molar-refractivity contribution in [3.8, 4) is 5.75 Å². The molecule has 0 unspecified atom stereocenters. The van der Waals surface area contributed by atoms with E-state index in [-0.39, 0.29) is 46.9 Å². The van der Waals surface area contributed by atoms with Crippen molar-refractivity contribution in [1.82, 2.24) is 15.1 Å². The van der Waals surface area contributed by atoms with E-state index in [1.807, 2.05) is 30.3 Å². The van der Waals surface area contributed by atoms with Crippen LogP contribution in [0.1, 0.15) is 48.0 Å². The van der Waals surface area contributed by atoms with Crippen LogP contribution < -0.4 is 10.6 Å². The molecule has 3 N–H and O–H groups in total. The maximum Gasteiger partial charge on any atom is 0.279 e. The van der Waals surface area contributed by atoms with Gasteiger partial charge < -0.3 is 20.6 Å². The predicted molar refractivity (Wildman–Crippen MR) is 129 cm³/mol. The molecule has 1 heterocycles. The quantitative estimate of drug-likeness (QED) is 0.431. The molecule has 2 aliphatic rings. The first-order valence-corrected chi connectivity index (χ1v) is 11.6. The number of para-hydroxylation sites is 1. The Balaban J connectivity index is 1.67. The van der Waals surface area contributed by atoms with Gasteiger partial charge in [-0.3, -0.25) is 19.3 Å². The molecule has 0 saturated heterocycles. The summed E-state index contributed by atoms with van der Waals surface area (Å²) in [6.07, 6.45) is 5.15. The molecule has 0 spiro atoms. The van der Waals surface area contributed by atoms with Crippen LogP contribution in [-0.4, -0.2) is 52.8 Å². The Bertz CT molecular complexity index is 1120. The van der Waals surface area contributed by atoms with Crippen LogP contribution in [0, 0.1) is 0 Å². The normalized spacial score (nSPS) is 16.7. The van der Waals surface area contributed by atoms with Crippen molar-refractivity contribution >= 4 is 23.4 Å². The number of phenolic OH excluding ortho intramolecular Hbond substituents is 1. The molecular weight excluding hydrogens is 432 g/mol. The Morgan fingerprint density at radius 2 is 1.65 bits per heavy atom. The molecule has 0 aromatic heterocycles. The Morgan fingerprint density at radius 1 is 0.971 bits per heavy atom. The Hall–Kier alpha value is -3.81. The highest BCUT2D eigenvalue weighted by Crippen LogP contribution is 2.32. The monoisotopic (exact) mass is 462 g/mol. The van der Waals surface area contributed by atoms with Crippen molar-refractivity contribution < 1.29 is 19.5 Å². The third-order valence-corrected chi connectivity index (χ3v) is 6.24.